The Morgan fingerprint density at radius 3 is 1.55 bits per heavy atom. The van der Waals surface area contributed by atoms with Crippen molar-refractivity contribution in [1.29, 1.82) is 0 Å². The van der Waals surface area contributed by atoms with E-state index >= 15 is 0 Å². The molecule has 0 saturated carbocycles. The highest BCUT2D eigenvalue weighted by Crippen LogP contribution is 2.49. The summed E-state index contributed by atoms with van der Waals surface area (Å²) >= 11 is 0. The first-order chi connectivity index (χ1) is 19.9. The maximum Gasteiger partial charge on any atom is 0.328 e. The van der Waals surface area contributed by atoms with Crippen LogP contribution in [0.2, 0.25) is 0 Å². The number of benzene rings is 3. The maximum absolute atomic E-state index is 14.9. The molecular formula is C32H35F2N3O5. The number of hydrogen-bond acceptors (Lipinski definition) is 7. The summed E-state index contributed by atoms with van der Waals surface area (Å²) in [4.78, 5) is 39.0. The van der Waals surface area contributed by atoms with Crippen LogP contribution in [0.15, 0.2) is 60.7 Å². The van der Waals surface area contributed by atoms with Gasteiger partial charge in [0.1, 0.15) is 29.0 Å². The van der Waals surface area contributed by atoms with Crippen LogP contribution in [0.3, 0.4) is 0 Å². The van der Waals surface area contributed by atoms with Crippen molar-refractivity contribution in [2.45, 2.75) is 45.2 Å². The minimum atomic E-state index is -1.58. The standard InChI is InChI=1S/C32H35F2N3O5/c1-17(2)26(35-5)29(38)41-21-11-7-19(8-12-21)32(23-15-16-24(33)25(34)28(23)37-31(32)40)20-9-13-22(14-10-20)42-30(39)27(36-6)18(3)4/h7-18,26-27,35-36H,1-6H3,(H,37,40). The van der Waals surface area contributed by atoms with Crippen LogP contribution in [-0.2, 0) is 19.8 Å². The minimum absolute atomic E-state index is 0.00393. The number of ether oxygens (including phenoxy) is 2. The van der Waals surface area contributed by atoms with Gasteiger partial charge in [-0.25, -0.2) is 18.4 Å². The highest BCUT2D eigenvalue weighted by atomic mass is 19.2. The van der Waals surface area contributed by atoms with Gasteiger partial charge in [-0.3, -0.25) is 4.79 Å². The molecule has 3 aromatic carbocycles. The Bertz CT molecular complexity index is 1400. The van der Waals surface area contributed by atoms with Gasteiger partial charge in [0.15, 0.2) is 11.6 Å². The van der Waals surface area contributed by atoms with E-state index < -0.39 is 47.0 Å². The molecular weight excluding hydrogens is 544 g/mol. The van der Waals surface area contributed by atoms with Gasteiger partial charge < -0.3 is 25.4 Å². The molecule has 222 valence electrons. The van der Waals surface area contributed by atoms with Crippen LogP contribution in [0.5, 0.6) is 11.5 Å². The zero-order valence-electron chi connectivity index (χ0n) is 24.4. The van der Waals surface area contributed by atoms with Gasteiger partial charge in [0.2, 0.25) is 5.91 Å². The van der Waals surface area contributed by atoms with Gasteiger partial charge in [-0.05, 0) is 67.4 Å². The second kappa shape index (κ2) is 12.4. The van der Waals surface area contributed by atoms with Gasteiger partial charge >= 0.3 is 11.9 Å². The number of anilines is 1. The number of carbonyl (C=O) groups is 3. The number of hydrogen-bond donors (Lipinski definition) is 3. The summed E-state index contributed by atoms with van der Waals surface area (Å²) in [6.45, 7) is 7.57. The van der Waals surface area contributed by atoms with E-state index in [0.717, 1.165) is 6.07 Å². The third-order valence-electron chi connectivity index (χ3n) is 7.55. The van der Waals surface area contributed by atoms with E-state index in [1.807, 2.05) is 27.7 Å². The highest BCUT2D eigenvalue weighted by Gasteiger charge is 2.51. The quantitative estimate of drug-likeness (QED) is 0.239. The smallest absolute Gasteiger partial charge is 0.328 e. The average molecular weight is 580 g/mol. The Labute approximate surface area is 243 Å². The van der Waals surface area contributed by atoms with Crippen LogP contribution in [0, 0.1) is 23.5 Å². The first kappa shape index (κ1) is 30.8. The highest BCUT2D eigenvalue weighted by molar-refractivity contribution is 6.11. The van der Waals surface area contributed by atoms with Crippen molar-refractivity contribution >= 4 is 23.5 Å². The molecule has 10 heteroatoms. The normalized spacial score (nSPS) is 17.5. The molecule has 1 aliphatic heterocycles. The molecule has 2 atom stereocenters. The Morgan fingerprint density at radius 1 is 0.738 bits per heavy atom. The van der Waals surface area contributed by atoms with Gasteiger partial charge in [0, 0.05) is 5.56 Å². The predicted molar refractivity (Wildman–Crippen MR) is 154 cm³/mol. The third-order valence-corrected chi connectivity index (χ3v) is 7.55. The lowest BCUT2D eigenvalue weighted by molar-refractivity contribution is -0.138. The number of nitrogens with one attached hydrogen (secondary N) is 3. The summed E-state index contributed by atoms with van der Waals surface area (Å²) in [6, 6.07) is 13.9. The fourth-order valence-electron chi connectivity index (χ4n) is 5.41. The summed E-state index contributed by atoms with van der Waals surface area (Å²) < 4.78 is 40.2. The fourth-order valence-corrected chi connectivity index (χ4v) is 5.41. The molecule has 3 N–H and O–H groups in total. The number of esters is 2. The fraction of sp³-hybridized carbons (Fsp3) is 0.344. The lowest BCUT2D eigenvalue weighted by Crippen LogP contribution is -2.41. The SMILES string of the molecule is CNC(C(=O)Oc1ccc(C2(c3ccc(OC(=O)C(NC)C(C)C)cc3)C(=O)Nc3c2ccc(F)c3F)cc1)C(C)C. The Hall–Kier alpha value is -4.15. The van der Waals surface area contributed by atoms with E-state index in [2.05, 4.69) is 16.0 Å². The average Bonchev–Trinajstić information content (AvgIpc) is 3.25. The van der Waals surface area contributed by atoms with E-state index in [-0.39, 0.29) is 34.6 Å². The third kappa shape index (κ3) is 5.52. The van der Waals surface area contributed by atoms with E-state index in [0.29, 0.717) is 11.1 Å². The van der Waals surface area contributed by atoms with Crippen molar-refractivity contribution in [3.63, 3.8) is 0 Å². The lowest BCUT2D eigenvalue weighted by atomic mass is 9.70. The molecule has 1 aliphatic rings. The van der Waals surface area contributed by atoms with E-state index in [1.54, 1.807) is 62.6 Å². The molecule has 0 fully saturated rings. The second-order valence-corrected chi connectivity index (χ2v) is 10.9. The summed E-state index contributed by atoms with van der Waals surface area (Å²) in [7, 11) is 3.35. The van der Waals surface area contributed by atoms with Crippen molar-refractivity contribution < 1.29 is 32.6 Å². The molecule has 0 aromatic heterocycles. The maximum atomic E-state index is 14.9. The molecule has 2 unspecified atom stereocenters. The number of carbonyl (C=O) groups excluding carboxylic acids is 3. The monoisotopic (exact) mass is 579 g/mol. The van der Waals surface area contributed by atoms with Gasteiger partial charge in [0.25, 0.3) is 0 Å². The van der Waals surface area contributed by atoms with Crippen molar-refractivity contribution in [2.24, 2.45) is 11.8 Å². The number of rotatable bonds is 10. The zero-order valence-corrected chi connectivity index (χ0v) is 24.4. The van der Waals surface area contributed by atoms with Crippen LogP contribution in [0.4, 0.5) is 14.5 Å². The Kier molecular flexibility index (Phi) is 9.08. The summed E-state index contributed by atoms with van der Waals surface area (Å²) in [5.41, 5.74) is -0.761. The van der Waals surface area contributed by atoms with Crippen LogP contribution >= 0.6 is 0 Å². The molecule has 0 saturated heterocycles. The number of fused-ring (bicyclic) bond motifs is 1. The van der Waals surface area contributed by atoms with Crippen LogP contribution in [0.25, 0.3) is 0 Å². The van der Waals surface area contributed by atoms with Crippen molar-refractivity contribution in [1.82, 2.24) is 10.6 Å². The molecule has 0 bridgehead atoms. The number of halogens is 2. The van der Waals surface area contributed by atoms with E-state index in [1.165, 1.54) is 6.07 Å². The first-order valence-electron chi connectivity index (χ1n) is 13.7. The van der Waals surface area contributed by atoms with E-state index in [4.69, 9.17) is 9.47 Å². The number of amides is 1. The molecule has 8 nitrogen and oxygen atoms in total. The topological polar surface area (TPSA) is 106 Å². The largest absolute Gasteiger partial charge is 0.425 e. The molecule has 1 heterocycles. The molecule has 42 heavy (non-hydrogen) atoms. The summed E-state index contributed by atoms with van der Waals surface area (Å²) in [5.74, 6) is -3.27. The zero-order chi connectivity index (χ0) is 30.8. The summed E-state index contributed by atoms with van der Waals surface area (Å²) in [6.07, 6.45) is 0. The second-order valence-electron chi connectivity index (χ2n) is 10.9. The first-order valence-corrected chi connectivity index (χ1v) is 13.7. The van der Waals surface area contributed by atoms with Crippen molar-refractivity contribution in [2.75, 3.05) is 19.4 Å². The predicted octanol–water partition coefficient (Wildman–Crippen LogP) is 4.55. The molecule has 0 spiro atoms. The van der Waals surface area contributed by atoms with Crippen molar-refractivity contribution in [3.05, 3.63) is 89.0 Å². The molecule has 4 rings (SSSR count). The minimum Gasteiger partial charge on any atom is -0.425 e. The Morgan fingerprint density at radius 2 is 1.17 bits per heavy atom. The lowest BCUT2D eigenvalue weighted by Gasteiger charge is -2.29. The van der Waals surface area contributed by atoms with E-state index in [9.17, 15) is 23.2 Å². The Balaban J connectivity index is 1.76. The molecule has 0 radical (unpaired) electrons. The molecule has 0 aliphatic carbocycles. The van der Waals surface area contributed by atoms with Gasteiger partial charge in [-0.15, -0.1) is 0 Å². The summed E-state index contributed by atoms with van der Waals surface area (Å²) in [5, 5.41) is 8.39. The molecule has 1 amide bonds. The van der Waals surface area contributed by atoms with Gasteiger partial charge in [-0.1, -0.05) is 58.0 Å². The van der Waals surface area contributed by atoms with Crippen LogP contribution < -0.4 is 25.4 Å². The van der Waals surface area contributed by atoms with Gasteiger partial charge in [0.05, 0.1) is 5.69 Å². The number of likely N-dealkylation sites (N-methyl/N-ethyl adjacent to an activating group) is 2. The molecule has 3 aromatic rings. The van der Waals surface area contributed by atoms with Crippen LogP contribution in [0.1, 0.15) is 44.4 Å². The van der Waals surface area contributed by atoms with Crippen molar-refractivity contribution in [3.8, 4) is 11.5 Å². The van der Waals surface area contributed by atoms with Gasteiger partial charge in [-0.2, -0.15) is 0 Å². The van der Waals surface area contributed by atoms with Crippen LogP contribution in [-0.4, -0.2) is 44.0 Å².